The highest BCUT2D eigenvalue weighted by molar-refractivity contribution is 5.94. The minimum Gasteiger partial charge on any atom is -0.348 e. The lowest BCUT2D eigenvalue weighted by atomic mass is 10.0. The maximum Gasteiger partial charge on any atom is 0.251 e. The number of aryl methyl sites for hydroxylation is 1. The van der Waals surface area contributed by atoms with Crippen molar-refractivity contribution >= 4 is 5.91 Å². The number of nitrogens with one attached hydrogen (secondary N) is 2. The first-order valence-electron chi connectivity index (χ1n) is 6.36. The smallest absolute Gasteiger partial charge is 0.251 e. The van der Waals surface area contributed by atoms with Crippen molar-refractivity contribution in [1.29, 1.82) is 0 Å². The van der Waals surface area contributed by atoms with E-state index in [-0.39, 0.29) is 17.8 Å². The monoisotopic (exact) mass is 250 g/mol. The lowest BCUT2D eigenvalue weighted by molar-refractivity contribution is 0.0927. The summed E-state index contributed by atoms with van der Waals surface area (Å²) in [5, 5.41) is 6.25. The van der Waals surface area contributed by atoms with Crippen LogP contribution in [-0.2, 0) is 0 Å². The molecular weight excluding hydrogens is 231 g/mol. The minimum absolute atomic E-state index is 0.137. The van der Waals surface area contributed by atoms with Gasteiger partial charge in [-0.1, -0.05) is 6.07 Å². The molecule has 4 heteroatoms. The first kappa shape index (κ1) is 13.0. The normalized spacial score (nSPS) is 23.7. The molecule has 0 aliphatic carbocycles. The Morgan fingerprint density at radius 1 is 1.44 bits per heavy atom. The van der Waals surface area contributed by atoms with Crippen LogP contribution in [0.2, 0.25) is 0 Å². The number of rotatable bonds is 2. The molecule has 1 amide bonds. The fourth-order valence-electron chi connectivity index (χ4n) is 2.12. The average molecular weight is 250 g/mol. The van der Waals surface area contributed by atoms with Crippen LogP contribution in [0.3, 0.4) is 0 Å². The van der Waals surface area contributed by atoms with Crippen LogP contribution >= 0.6 is 0 Å². The average Bonchev–Trinajstić information content (AvgIpc) is 2.35. The lowest BCUT2D eigenvalue weighted by Gasteiger charge is -2.28. The molecule has 0 aromatic heterocycles. The molecule has 0 radical (unpaired) electrons. The second-order valence-electron chi connectivity index (χ2n) is 5.02. The van der Waals surface area contributed by atoms with Crippen molar-refractivity contribution < 1.29 is 9.18 Å². The molecule has 2 unspecified atom stereocenters. The highest BCUT2D eigenvalue weighted by atomic mass is 19.1. The third kappa shape index (κ3) is 3.07. The zero-order chi connectivity index (χ0) is 13.1. The Morgan fingerprint density at radius 2 is 2.22 bits per heavy atom. The number of halogens is 1. The van der Waals surface area contributed by atoms with Crippen LogP contribution < -0.4 is 10.6 Å². The fourth-order valence-corrected chi connectivity index (χ4v) is 2.12. The van der Waals surface area contributed by atoms with E-state index in [0.717, 1.165) is 19.4 Å². The number of carbonyl (C=O) groups excluding carboxylic acids is 1. The summed E-state index contributed by atoms with van der Waals surface area (Å²) in [5.41, 5.74) is 0.941. The molecule has 2 rings (SSSR count). The molecular formula is C14H19FN2O. The Labute approximate surface area is 107 Å². The Morgan fingerprint density at radius 3 is 2.83 bits per heavy atom. The summed E-state index contributed by atoms with van der Waals surface area (Å²) in [4.78, 5) is 12.0. The Hall–Kier alpha value is -1.42. The van der Waals surface area contributed by atoms with E-state index < -0.39 is 0 Å². The number of benzene rings is 1. The first-order chi connectivity index (χ1) is 8.56. The van der Waals surface area contributed by atoms with Gasteiger partial charge in [0.15, 0.2) is 0 Å². The summed E-state index contributed by atoms with van der Waals surface area (Å²) in [5.74, 6) is -0.534. The van der Waals surface area contributed by atoms with Gasteiger partial charge in [0, 0.05) is 24.2 Å². The number of carbonyl (C=O) groups is 1. The van der Waals surface area contributed by atoms with Gasteiger partial charge in [-0.05, 0) is 44.4 Å². The van der Waals surface area contributed by atoms with Crippen LogP contribution in [0.5, 0.6) is 0 Å². The van der Waals surface area contributed by atoms with Crippen molar-refractivity contribution in [2.45, 2.75) is 38.8 Å². The Bertz CT molecular complexity index is 439. The van der Waals surface area contributed by atoms with E-state index in [0.29, 0.717) is 17.2 Å². The van der Waals surface area contributed by atoms with Crippen molar-refractivity contribution in [3.63, 3.8) is 0 Å². The molecule has 2 atom stereocenters. The van der Waals surface area contributed by atoms with E-state index in [2.05, 4.69) is 17.6 Å². The molecule has 0 bridgehead atoms. The van der Waals surface area contributed by atoms with Gasteiger partial charge in [0.05, 0.1) is 0 Å². The van der Waals surface area contributed by atoms with E-state index >= 15 is 0 Å². The summed E-state index contributed by atoms with van der Waals surface area (Å²) in [6.45, 7) is 4.60. The zero-order valence-electron chi connectivity index (χ0n) is 10.8. The SMILES string of the molecule is Cc1ccc(C(=O)NC2CCC(C)NC2)cc1F. The zero-order valence-corrected chi connectivity index (χ0v) is 10.8. The van der Waals surface area contributed by atoms with E-state index in [1.54, 1.807) is 19.1 Å². The summed E-state index contributed by atoms with van der Waals surface area (Å²) >= 11 is 0. The molecule has 1 aliphatic heterocycles. The maximum absolute atomic E-state index is 13.4. The van der Waals surface area contributed by atoms with Crippen LogP contribution in [-0.4, -0.2) is 24.5 Å². The van der Waals surface area contributed by atoms with E-state index in [4.69, 9.17) is 0 Å². The quantitative estimate of drug-likeness (QED) is 0.843. The standard InChI is InChI=1S/C14H19FN2O/c1-9-3-5-11(7-13(9)15)14(18)17-12-6-4-10(2)16-8-12/h3,5,7,10,12,16H,4,6,8H2,1-2H3,(H,17,18). The van der Waals surface area contributed by atoms with Gasteiger partial charge in [-0.15, -0.1) is 0 Å². The van der Waals surface area contributed by atoms with Crippen LogP contribution in [0.1, 0.15) is 35.7 Å². The topological polar surface area (TPSA) is 41.1 Å². The van der Waals surface area contributed by atoms with Gasteiger partial charge in [0.1, 0.15) is 5.82 Å². The maximum atomic E-state index is 13.4. The van der Waals surface area contributed by atoms with Gasteiger partial charge in [0.25, 0.3) is 5.91 Å². The molecule has 3 nitrogen and oxygen atoms in total. The highest BCUT2D eigenvalue weighted by Crippen LogP contribution is 2.11. The van der Waals surface area contributed by atoms with Crippen molar-refractivity contribution in [2.24, 2.45) is 0 Å². The van der Waals surface area contributed by atoms with E-state index in [1.807, 2.05) is 0 Å². The highest BCUT2D eigenvalue weighted by Gasteiger charge is 2.19. The van der Waals surface area contributed by atoms with Gasteiger partial charge in [0.2, 0.25) is 0 Å². The summed E-state index contributed by atoms with van der Waals surface area (Å²) in [7, 11) is 0. The molecule has 1 aromatic carbocycles. The van der Waals surface area contributed by atoms with Crippen LogP contribution in [0, 0.1) is 12.7 Å². The molecule has 1 aliphatic rings. The molecule has 1 fully saturated rings. The summed E-state index contributed by atoms with van der Waals surface area (Å²) in [6.07, 6.45) is 2.02. The van der Waals surface area contributed by atoms with Crippen molar-refractivity contribution in [3.05, 3.63) is 35.1 Å². The number of hydrogen-bond acceptors (Lipinski definition) is 2. The first-order valence-corrected chi connectivity index (χ1v) is 6.36. The van der Waals surface area contributed by atoms with Crippen LogP contribution in [0.4, 0.5) is 4.39 Å². The second-order valence-corrected chi connectivity index (χ2v) is 5.02. The van der Waals surface area contributed by atoms with Gasteiger partial charge in [-0.3, -0.25) is 4.79 Å². The predicted octanol–water partition coefficient (Wildman–Crippen LogP) is 2.00. The molecule has 0 saturated carbocycles. The molecule has 98 valence electrons. The number of amides is 1. The van der Waals surface area contributed by atoms with E-state index in [1.165, 1.54) is 6.07 Å². The third-order valence-electron chi connectivity index (χ3n) is 3.43. The molecule has 0 spiro atoms. The Balaban J connectivity index is 1.97. The van der Waals surface area contributed by atoms with Crippen molar-refractivity contribution in [3.8, 4) is 0 Å². The van der Waals surface area contributed by atoms with E-state index in [9.17, 15) is 9.18 Å². The molecule has 18 heavy (non-hydrogen) atoms. The molecule has 2 N–H and O–H groups in total. The van der Waals surface area contributed by atoms with Crippen LogP contribution in [0.15, 0.2) is 18.2 Å². The Kier molecular flexibility index (Phi) is 3.97. The number of hydrogen-bond donors (Lipinski definition) is 2. The molecule has 1 aromatic rings. The molecule has 1 saturated heterocycles. The largest absolute Gasteiger partial charge is 0.348 e. The van der Waals surface area contributed by atoms with Crippen molar-refractivity contribution in [1.82, 2.24) is 10.6 Å². The minimum atomic E-state index is -0.335. The lowest BCUT2D eigenvalue weighted by Crippen LogP contribution is -2.48. The predicted molar refractivity (Wildman–Crippen MR) is 69.1 cm³/mol. The summed E-state index contributed by atoms with van der Waals surface area (Å²) < 4.78 is 13.4. The third-order valence-corrected chi connectivity index (χ3v) is 3.43. The van der Waals surface area contributed by atoms with Crippen LogP contribution in [0.25, 0.3) is 0 Å². The number of piperidine rings is 1. The summed E-state index contributed by atoms with van der Waals surface area (Å²) in [6, 6.07) is 5.23. The van der Waals surface area contributed by atoms with Crippen molar-refractivity contribution in [2.75, 3.05) is 6.54 Å². The second kappa shape index (κ2) is 5.48. The van der Waals surface area contributed by atoms with Gasteiger partial charge in [-0.2, -0.15) is 0 Å². The van der Waals surface area contributed by atoms with Gasteiger partial charge in [-0.25, -0.2) is 4.39 Å². The fraction of sp³-hybridized carbons (Fsp3) is 0.500. The van der Waals surface area contributed by atoms with Gasteiger partial charge >= 0.3 is 0 Å². The van der Waals surface area contributed by atoms with Gasteiger partial charge < -0.3 is 10.6 Å². The molecule has 1 heterocycles.